The SMILES string of the molecule is COc1cc(CNC(=O)c2n[nH]c3c2CNCC3)ccc1OCc1ccccc1.Cl. The summed E-state index contributed by atoms with van der Waals surface area (Å²) in [5, 5.41) is 13.4. The van der Waals surface area contributed by atoms with E-state index in [0.717, 1.165) is 35.3 Å². The summed E-state index contributed by atoms with van der Waals surface area (Å²) >= 11 is 0. The molecule has 0 saturated heterocycles. The summed E-state index contributed by atoms with van der Waals surface area (Å²) in [6.45, 7) is 2.40. The zero-order chi connectivity index (χ0) is 20.1. The van der Waals surface area contributed by atoms with Crippen molar-refractivity contribution in [1.82, 2.24) is 20.8 Å². The van der Waals surface area contributed by atoms with E-state index in [9.17, 15) is 4.79 Å². The van der Waals surface area contributed by atoms with E-state index in [-0.39, 0.29) is 18.3 Å². The van der Waals surface area contributed by atoms with E-state index in [1.54, 1.807) is 7.11 Å². The largest absolute Gasteiger partial charge is 0.493 e. The van der Waals surface area contributed by atoms with Crippen molar-refractivity contribution >= 4 is 18.3 Å². The molecule has 0 radical (unpaired) electrons. The van der Waals surface area contributed by atoms with Crippen LogP contribution in [0.3, 0.4) is 0 Å². The van der Waals surface area contributed by atoms with E-state index in [0.29, 0.717) is 36.9 Å². The van der Waals surface area contributed by atoms with E-state index in [1.807, 2.05) is 48.5 Å². The van der Waals surface area contributed by atoms with Gasteiger partial charge in [0, 0.05) is 37.3 Å². The van der Waals surface area contributed by atoms with Crippen molar-refractivity contribution in [2.24, 2.45) is 0 Å². The first-order valence-electron chi connectivity index (χ1n) is 9.63. The molecule has 0 saturated carbocycles. The van der Waals surface area contributed by atoms with Crippen molar-refractivity contribution in [3.05, 3.63) is 76.6 Å². The maximum atomic E-state index is 12.6. The van der Waals surface area contributed by atoms with Gasteiger partial charge in [0.15, 0.2) is 17.2 Å². The predicted molar refractivity (Wildman–Crippen MR) is 116 cm³/mol. The van der Waals surface area contributed by atoms with Gasteiger partial charge >= 0.3 is 0 Å². The van der Waals surface area contributed by atoms with Gasteiger partial charge in [-0.1, -0.05) is 36.4 Å². The van der Waals surface area contributed by atoms with Gasteiger partial charge in [0.2, 0.25) is 0 Å². The minimum atomic E-state index is -0.186. The molecule has 1 aliphatic rings. The second-order valence-electron chi connectivity index (χ2n) is 6.90. The molecular formula is C22H25ClN4O3. The molecule has 3 N–H and O–H groups in total. The number of carbonyl (C=O) groups is 1. The molecule has 158 valence electrons. The van der Waals surface area contributed by atoms with Crippen LogP contribution in [0.1, 0.15) is 32.9 Å². The number of hydrogen-bond acceptors (Lipinski definition) is 5. The Morgan fingerprint density at radius 3 is 2.77 bits per heavy atom. The summed E-state index contributed by atoms with van der Waals surface area (Å²) in [6, 6.07) is 15.6. The summed E-state index contributed by atoms with van der Waals surface area (Å²) in [4.78, 5) is 12.6. The van der Waals surface area contributed by atoms with E-state index in [2.05, 4.69) is 20.8 Å². The zero-order valence-electron chi connectivity index (χ0n) is 16.7. The maximum absolute atomic E-state index is 12.6. The molecule has 3 aromatic rings. The maximum Gasteiger partial charge on any atom is 0.272 e. The number of halogens is 1. The normalized spacial score (nSPS) is 12.4. The Hall–Kier alpha value is -3.03. The molecule has 4 rings (SSSR count). The van der Waals surface area contributed by atoms with Crippen molar-refractivity contribution in [3.8, 4) is 11.5 Å². The molecule has 8 heteroatoms. The molecule has 30 heavy (non-hydrogen) atoms. The highest BCUT2D eigenvalue weighted by atomic mass is 35.5. The number of aromatic amines is 1. The van der Waals surface area contributed by atoms with Crippen LogP contribution in [0.15, 0.2) is 48.5 Å². The average Bonchev–Trinajstić information content (AvgIpc) is 3.21. The number of hydrogen-bond donors (Lipinski definition) is 3. The van der Waals surface area contributed by atoms with Crippen LogP contribution in [-0.4, -0.2) is 29.8 Å². The standard InChI is InChI=1S/C22H24N4O3.ClH/c1-28-20-11-16(7-8-19(20)29-14-15-5-3-2-4-6-15)12-24-22(27)21-17-13-23-10-9-18(17)25-26-21;/h2-8,11,23H,9-10,12-14H2,1H3,(H,24,27)(H,25,26);1H. The molecule has 1 amide bonds. The lowest BCUT2D eigenvalue weighted by molar-refractivity contribution is 0.0944. The first-order valence-corrected chi connectivity index (χ1v) is 9.63. The number of methoxy groups -OCH3 is 1. The number of carbonyl (C=O) groups excluding carboxylic acids is 1. The van der Waals surface area contributed by atoms with E-state index in [4.69, 9.17) is 9.47 Å². The fraction of sp³-hybridized carbons (Fsp3) is 0.273. The first kappa shape index (κ1) is 21.7. The molecule has 0 fully saturated rings. The number of amides is 1. The molecule has 2 aromatic carbocycles. The summed E-state index contributed by atoms with van der Waals surface area (Å²) in [7, 11) is 1.61. The highest BCUT2D eigenvalue weighted by Gasteiger charge is 2.21. The number of aromatic nitrogens is 2. The Morgan fingerprint density at radius 1 is 1.13 bits per heavy atom. The monoisotopic (exact) mass is 428 g/mol. The van der Waals surface area contributed by atoms with E-state index in [1.165, 1.54) is 0 Å². The molecule has 7 nitrogen and oxygen atoms in total. The van der Waals surface area contributed by atoms with Crippen molar-refractivity contribution in [3.63, 3.8) is 0 Å². The molecule has 0 unspecified atom stereocenters. The topological polar surface area (TPSA) is 88.3 Å². The highest BCUT2D eigenvalue weighted by Crippen LogP contribution is 2.29. The van der Waals surface area contributed by atoms with Gasteiger partial charge in [0.25, 0.3) is 5.91 Å². The lowest BCUT2D eigenvalue weighted by atomic mass is 10.1. The number of H-pyrrole nitrogens is 1. The molecule has 0 bridgehead atoms. The molecule has 0 spiro atoms. The third-order valence-electron chi connectivity index (χ3n) is 4.94. The second-order valence-corrected chi connectivity index (χ2v) is 6.90. The second kappa shape index (κ2) is 10.1. The van der Waals surface area contributed by atoms with Gasteiger partial charge in [-0.2, -0.15) is 5.10 Å². The molecule has 1 aliphatic heterocycles. The summed E-state index contributed by atoms with van der Waals surface area (Å²) in [5.41, 5.74) is 4.46. The molecule has 0 aliphatic carbocycles. The molecular weight excluding hydrogens is 404 g/mol. The minimum Gasteiger partial charge on any atom is -0.493 e. The van der Waals surface area contributed by atoms with Crippen LogP contribution in [-0.2, 0) is 26.1 Å². The van der Waals surface area contributed by atoms with Crippen LogP contribution >= 0.6 is 12.4 Å². The number of benzene rings is 2. The van der Waals surface area contributed by atoms with E-state index >= 15 is 0 Å². The lowest BCUT2D eigenvalue weighted by Gasteiger charge is -2.14. The Morgan fingerprint density at radius 2 is 1.97 bits per heavy atom. The summed E-state index contributed by atoms with van der Waals surface area (Å²) in [6.07, 6.45) is 0.858. The van der Waals surface area contributed by atoms with Crippen molar-refractivity contribution in [1.29, 1.82) is 0 Å². The van der Waals surface area contributed by atoms with Crippen LogP contribution in [0.5, 0.6) is 11.5 Å². The Bertz CT molecular complexity index is 991. The average molecular weight is 429 g/mol. The van der Waals surface area contributed by atoms with Gasteiger partial charge in [-0.25, -0.2) is 0 Å². The Kier molecular flexibility index (Phi) is 7.32. The summed E-state index contributed by atoms with van der Waals surface area (Å²) < 4.78 is 11.3. The Balaban J connectivity index is 0.00000256. The third kappa shape index (κ3) is 4.93. The number of ether oxygens (including phenoxy) is 2. The predicted octanol–water partition coefficient (Wildman–Crippen LogP) is 2.99. The number of rotatable bonds is 7. The van der Waals surface area contributed by atoms with Crippen LogP contribution in [0.4, 0.5) is 0 Å². The van der Waals surface area contributed by atoms with E-state index < -0.39 is 0 Å². The molecule has 0 atom stereocenters. The highest BCUT2D eigenvalue weighted by molar-refractivity contribution is 5.94. The third-order valence-corrected chi connectivity index (χ3v) is 4.94. The quantitative estimate of drug-likeness (QED) is 0.538. The van der Waals surface area contributed by atoms with Gasteiger partial charge in [-0.3, -0.25) is 9.89 Å². The van der Waals surface area contributed by atoms with Crippen LogP contribution in [0.2, 0.25) is 0 Å². The van der Waals surface area contributed by atoms with Gasteiger partial charge in [-0.05, 0) is 23.3 Å². The number of nitrogens with one attached hydrogen (secondary N) is 3. The molecule has 1 aromatic heterocycles. The minimum absolute atomic E-state index is 0. The van der Waals surface area contributed by atoms with Crippen LogP contribution in [0, 0.1) is 0 Å². The first-order chi connectivity index (χ1) is 14.2. The lowest BCUT2D eigenvalue weighted by Crippen LogP contribution is -2.28. The number of nitrogens with zero attached hydrogens (tertiary/aromatic N) is 1. The van der Waals surface area contributed by atoms with Crippen molar-refractivity contribution < 1.29 is 14.3 Å². The van der Waals surface area contributed by atoms with Crippen LogP contribution < -0.4 is 20.1 Å². The van der Waals surface area contributed by atoms with Gasteiger partial charge in [0.1, 0.15) is 6.61 Å². The smallest absolute Gasteiger partial charge is 0.272 e. The zero-order valence-corrected chi connectivity index (χ0v) is 17.6. The van der Waals surface area contributed by atoms with Gasteiger partial charge < -0.3 is 20.1 Å². The van der Waals surface area contributed by atoms with Crippen molar-refractivity contribution in [2.75, 3.05) is 13.7 Å². The fourth-order valence-electron chi connectivity index (χ4n) is 3.36. The van der Waals surface area contributed by atoms with Gasteiger partial charge in [-0.15, -0.1) is 12.4 Å². The van der Waals surface area contributed by atoms with Crippen LogP contribution in [0.25, 0.3) is 0 Å². The number of fused-ring (bicyclic) bond motifs is 1. The van der Waals surface area contributed by atoms with Crippen molar-refractivity contribution in [2.45, 2.75) is 26.1 Å². The summed E-state index contributed by atoms with van der Waals surface area (Å²) in [5.74, 6) is 1.11. The van der Waals surface area contributed by atoms with Gasteiger partial charge in [0.05, 0.1) is 7.11 Å². The Labute approximate surface area is 181 Å². The fourth-order valence-corrected chi connectivity index (χ4v) is 3.36. The molecule has 2 heterocycles.